The Balaban J connectivity index is 1.60. The first-order valence-electron chi connectivity index (χ1n) is 14.5. The molecule has 3 aromatic rings. The highest BCUT2D eigenvalue weighted by Crippen LogP contribution is 2.52. The lowest BCUT2D eigenvalue weighted by Gasteiger charge is -2.26. The zero-order valence-electron chi connectivity index (χ0n) is 25.5. The van der Waals surface area contributed by atoms with Gasteiger partial charge >= 0.3 is 6.29 Å². The topological polar surface area (TPSA) is 80.9 Å². The summed E-state index contributed by atoms with van der Waals surface area (Å²) in [6.45, 7) is 1.70. The number of benzene rings is 2. The molecule has 1 aliphatic heterocycles. The van der Waals surface area contributed by atoms with Gasteiger partial charge in [-0.2, -0.15) is 0 Å². The van der Waals surface area contributed by atoms with E-state index < -0.39 is 72.0 Å². The van der Waals surface area contributed by atoms with Crippen molar-refractivity contribution in [2.24, 2.45) is 0 Å². The summed E-state index contributed by atoms with van der Waals surface area (Å²) >= 11 is 0. The molecule has 1 saturated carbocycles. The molecule has 1 atom stereocenters. The van der Waals surface area contributed by atoms with Crippen molar-refractivity contribution in [2.75, 3.05) is 6.56 Å². The molecule has 0 saturated heterocycles. The largest absolute Gasteiger partial charge is 0.586 e. The summed E-state index contributed by atoms with van der Waals surface area (Å²) < 4.78 is 94.4. The lowest BCUT2D eigenvalue weighted by molar-refractivity contribution is -0.286. The Morgan fingerprint density at radius 2 is 1.95 bits per heavy atom. The number of aromatic nitrogens is 1. The molecule has 198 valence electrons. The molecular weight excluding hydrogens is 487 g/mol. The van der Waals surface area contributed by atoms with Gasteiger partial charge in [0.15, 0.2) is 11.5 Å². The van der Waals surface area contributed by atoms with Crippen LogP contribution in [-0.2, 0) is 28.6 Å². The molecule has 0 amide bonds. The van der Waals surface area contributed by atoms with E-state index in [9.17, 15) is 23.8 Å². The highest BCUT2D eigenvalue weighted by molar-refractivity contribution is 5.95. The molecule has 2 aliphatic rings. The molecule has 0 bridgehead atoms. The molecule has 1 aromatic heterocycles. The molecule has 5 rings (SSSR count). The van der Waals surface area contributed by atoms with Gasteiger partial charge in [0.25, 0.3) is 0 Å². The van der Waals surface area contributed by atoms with Crippen molar-refractivity contribution >= 4 is 16.7 Å². The van der Waals surface area contributed by atoms with Crippen molar-refractivity contribution in [1.29, 1.82) is 0 Å². The first kappa shape index (κ1) is 20.0. The number of rotatable bonds is 9. The van der Waals surface area contributed by atoms with Gasteiger partial charge in [0.2, 0.25) is 0 Å². The summed E-state index contributed by atoms with van der Waals surface area (Å²) in [6, 6.07) is 2.54. The SMILES string of the molecule is [2H]c1c(CC(=O)C2(c3ccc4c(c3)OC(F)(F)O4)CC2)c(F)c([2H])c2c1c([2H])c(C(C)(C)CC)n2C[C@@H](O)C([2H])([2H])O. The highest BCUT2D eigenvalue weighted by atomic mass is 19.3. The first-order valence-corrected chi connectivity index (χ1v) is 12.0. The van der Waals surface area contributed by atoms with Gasteiger partial charge in [-0.3, -0.25) is 4.79 Å². The maximum atomic E-state index is 15.9. The number of carbonyl (C=O) groups excluding carboxylic acids is 1. The quantitative estimate of drug-likeness (QED) is 0.414. The molecule has 6 nitrogen and oxygen atoms in total. The van der Waals surface area contributed by atoms with Gasteiger partial charge in [-0.1, -0.05) is 26.8 Å². The molecule has 0 spiro atoms. The number of hydrogen-bond donors (Lipinski definition) is 2. The summed E-state index contributed by atoms with van der Waals surface area (Å²) in [7, 11) is 0. The van der Waals surface area contributed by atoms with Crippen molar-refractivity contribution in [3.8, 4) is 11.5 Å². The van der Waals surface area contributed by atoms with Crippen LogP contribution in [0.5, 0.6) is 11.5 Å². The Morgan fingerprint density at radius 3 is 2.59 bits per heavy atom. The second-order valence-electron chi connectivity index (χ2n) is 10.2. The second kappa shape index (κ2) is 8.77. The van der Waals surface area contributed by atoms with Crippen LogP contribution in [0.25, 0.3) is 10.9 Å². The fourth-order valence-corrected chi connectivity index (χ4v) is 4.75. The van der Waals surface area contributed by atoms with Gasteiger partial charge in [-0.25, -0.2) is 4.39 Å². The number of Topliss-reactive ketones (excluding diaryl/α,β-unsaturated/α-hetero) is 1. The molecule has 0 radical (unpaired) electrons. The number of nitrogens with zero attached hydrogens (tertiary/aromatic N) is 1. The van der Waals surface area contributed by atoms with Crippen molar-refractivity contribution in [1.82, 2.24) is 4.57 Å². The second-order valence-corrected chi connectivity index (χ2v) is 10.2. The van der Waals surface area contributed by atoms with Gasteiger partial charge in [-0.15, -0.1) is 8.78 Å². The molecule has 2 N–H and O–H groups in total. The smallest absolute Gasteiger partial charge is 0.395 e. The van der Waals surface area contributed by atoms with Gasteiger partial charge in [0, 0.05) is 22.9 Å². The average molecular weight is 523 g/mol. The number of aliphatic hydroxyl groups is 2. The molecule has 2 aromatic carbocycles. The van der Waals surface area contributed by atoms with Crippen LogP contribution in [0, 0.1) is 5.82 Å². The summed E-state index contributed by atoms with van der Waals surface area (Å²) in [5.41, 5.74) is -1.97. The first-order chi connectivity index (χ1) is 19.3. The van der Waals surface area contributed by atoms with Crippen LogP contribution in [0.4, 0.5) is 13.2 Å². The van der Waals surface area contributed by atoms with E-state index in [0.29, 0.717) is 24.8 Å². The number of ketones is 1. The Morgan fingerprint density at radius 1 is 1.24 bits per heavy atom. The van der Waals surface area contributed by atoms with Crippen LogP contribution in [-0.4, -0.2) is 39.5 Å². The number of halogens is 3. The monoisotopic (exact) mass is 522 g/mol. The minimum Gasteiger partial charge on any atom is -0.395 e. The minimum absolute atomic E-state index is 0.137. The van der Waals surface area contributed by atoms with E-state index in [1.54, 1.807) is 13.8 Å². The number of alkyl halides is 2. The molecule has 37 heavy (non-hydrogen) atoms. The zero-order valence-corrected chi connectivity index (χ0v) is 20.5. The number of aliphatic hydroxyl groups excluding tert-OH is 1. The van der Waals surface area contributed by atoms with E-state index in [-0.39, 0.29) is 34.1 Å². The predicted octanol–water partition coefficient (Wildman–Crippen LogP) is 4.99. The lowest BCUT2D eigenvalue weighted by Crippen LogP contribution is -2.26. The normalized spacial score (nSPS) is 20.6. The predicted molar refractivity (Wildman–Crippen MR) is 131 cm³/mol. The van der Waals surface area contributed by atoms with E-state index in [1.807, 2.05) is 6.92 Å². The van der Waals surface area contributed by atoms with Gasteiger partial charge in [0.1, 0.15) is 11.6 Å². The van der Waals surface area contributed by atoms with Crippen molar-refractivity contribution in [2.45, 2.75) is 76.2 Å². The molecule has 9 heteroatoms. The third-order valence-corrected chi connectivity index (χ3v) is 7.39. The third kappa shape index (κ3) is 4.48. The Kier molecular flexibility index (Phi) is 4.74. The summed E-state index contributed by atoms with van der Waals surface area (Å²) in [5.74, 6) is -2.10. The fourth-order valence-electron chi connectivity index (χ4n) is 4.75. The minimum atomic E-state index is -3.84. The van der Waals surface area contributed by atoms with Crippen LogP contribution in [0.15, 0.2) is 36.3 Å². The van der Waals surface area contributed by atoms with Crippen molar-refractivity contribution in [3.05, 3.63) is 59.0 Å². The fraction of sp³-hybridized carbons (Fsp3) is 0.464. The van der Waals surface area contributed by atoms with E-state index in [0.717, 1.165) is 0 Å². The number of hydrogen-bond acceptors (Lipinski definition) is 5. The van der Waals surface area contributed by atoms with Gasteiger partial charge in [0.05, 0.1) is 37.0 Å². The van der Waals surface area contributed by atoms with E-state index >= 15 is 4.39 Å². The number of carbonyl (C=O) groups is 1. The van der Waals surface area contributed by atoms with Crippen LogP contribution in [0.1, 0.15) is 63.7 Å². The maximum absolute atomic E-state index is 15.9. The standard InChI is InChI=1S/C28H30F3NO5/c1-4-26(2,3)24-10-17-9-16(20(29)13-21(17)32(24)14-19(34)15-33)11-25(35)27(7-8-27)18-5-6-22-23(12-18)37-28(30,31)36-22/h5-6,9-10,12-13,19,33-34H,4,7-8,11,14-15H2,1-3H3/t19-/m1/s1/i9D,10D,13D,15D2. The summed E-state index contributed by atoms with van der Waals surface area (Å²) in [5, 5.41) is 19.9. The number of fused-ring (bicyclic) bond motifs is 2. The Bertz CT molecular complexity index is 1610. The van der Waals surface area contributed by atoms with Crippen molar-refractivity contribution in [3.63, 3.8) is 0 Å². The summed E-state index contributed by atoms with van der Waals surface area (Å²) in [6.07, 6.45) is -5.28. The zero-order chi connectivity index (χ0) is 31.2. The highest BCUT2D eigenvalue weighted by Gasteiger charge is 2.52. The van der Waals surface area contributed by atoms with Crippen LogP contribution in [0.3, 0.4) is 0 Å². The maximum Gasteiger partial charge on any atom is 0.586 e. The van der Waals surface area contributed by atoms with Gasteiger partial charge < -0.3 is 24.3 Å². The average Bonchev–Trinajstić information content (AvgIpc) is 3.56. The van der Waals surface area contributed by atoms with Gasteiger partial charge in [-0.05, 0) is 60.6 Å². The number of ether oxygens (including phenoxy) is 2. The summed E-state index contributed by atoms with van der Waals surface area (Å²) in [4.78, 5) is 13.6. The molecule has 0 unspecified atom stereocenters. The van der Waals surface area contributed by atoms with Crippen LogP contribution < -0.4 is 9.47 Å². The lowest BCUT2D eigenvalue weighted by atomic mass is 9.86. The van der Waals surface area contributed by atoms with E-state index in [4.69, 9.17) is 6.85 Å². The van der Waals surface area contributed by atoms with Crippen LogP contribution in [0.2, 0.25) is 0 Å². The Hall–Kier alpha value is -3.04. The Labute approximate surface area is 219 Å². The third-order valence-electron chi connectivity index (χ3n) is 7.39. The van der Waals surface area contributed by atoms with Crippen molar-refractivity contribution < 1.29 is 44.5 Å². The van der Waals surface area contributed by atoms with E-state index in [1.165, 1.54) is 22.8 Å². The molecule has 2 heterocycles. The molecular formula is C28H30F3NO5. The molecule has 1 aliphatic carbocycles. The molecule has 1 fully saturated rings. The van der Waals surface area contributed by atoms with E-state index in [2.05, 4.69) is 9.47 Å². The van der Waals surface area contributed by atoms with Crippen LogP contribution >= 0.6 is 0 Å².